The summed E-state index contributed by atoms with van der Waals surface area (Å²) in [7, 11) is -3.02. The van der Waals surface area contributed by atoms with Crippen LogP contribution in [0.5, 0.6) is 0 Å². The van der Waals surface area contributed by atoms with Gasteiger partial charge in [0, 0.05) is 25.6 Å². The molecule has 3 N–H and O–H groups in total. The number of nitrogens with one attached hydrogen (secondary N) is 2. The van der Waals surface area contributed by atoms with Crippen LogP contribution in [0, 0.1) is 0 Å². The van der Waals surface area contributed by atoms with Crippen LogP contribution in [-0.4, -0.2) is 55.7 Å². The summed E-state index contributed by atoms with van der Waals surface area (Å²) < 4.78 is 22.9. The van der Waals surface area contributed by atoms with Gasteiger partial charge in [-0.15, -0.1) is 0 Å². The van der Waals surface area contributed by atoms with Gasteiger partial charge in [0.15, 0.2) is 9.84 Å². The normalized spacial score (nSPS) is 23.0. The first-order chi connectivity index (χ1) is 8.80. The van der Waals surface area contributed by atoms with Gasteiger partial charge in [-0.25, -0.2) is 8.42 Å². The van der Waals surface area contributed by atoms with E-state index in [-0.39, 0.29) is 36.4 Å². The van der Waals surface area contributed by atoms with Gasteiger partial charge in [-0.1, -0.05) is 13.8 Å². The molecule has 0 aromatic carbocycles. The molecule has 1 fully saturated rings. The van der Waals surface area contributed by atoms with E-state index in [1.807, 2.05) is 13.8 Å². The molecule has 112 valence electrons. The molecule has 0 bridgehead atoms. The lowest BCUT2D eigenvalue weighted by Crippen LogP contribution is -2.49. The molecule has 1 saturated heterocycles. The minimum atomic E-state index is -3.02. The van der Waals surface area contributed by atoms with Crippen molar-refractivity contribution in [2.24, 2.45) is 0 Å². The number of rotatable bonds is 6. The zero-order chi connectivity index (χ0) is 14.5. The van der Waals surface area contributed by atoms with E-state index in [0.717, 1.165) is 0 Å². The number of aliphatic hydroxyl groups is 1. The molecule has 1 rings (SSSR count). The van der Waals surface area contributed by atoms with Gasteiger partial charge in [0.2, 0.25) is 5.91 Å². The molecule has 19 heavy (non-hydrogen) atoms. The Morgan fingerprint density at radius 1 is 1.42 bits per heavy atom. The third kappa shape index (κ3) is 5.46. The van der Waals surface area contributed by atoms with Gasteiger partial charge >= 0.3 is 0 Å². The third-order valence-electron chi connectivity index (χ3n) is 3.66. The number of carbonyl (C=O) groups excluding carboxylic acids is 1. The lowest BCUT2D eigenvalue weighted by Gasteiger charge is -2.27. The number of sulfone groups is 1. The summed E-state index contributed by atoms with van der Waals surface area (Å²) in [6.07, 6.45) is 1.27. The highest BCUT2D eigenvalue weighted by Gasteiger charge is 2.27. The van der Waals surface area contributed by atoms with Crippen molar-refractivity contribution in [3.63, 3.8) is 0 Å². The Kier molecular flexibility index (Phi) is 5.76. The van der Waals surface area contributed by atoms with Gasteiger partial charge < -0.3 is 15.7 Å². The van der Waals surface area contributed by atoms with Crippen molar-refractivity contribution >= 4 is 15.7 Å². The molecule has 1 aliphatic rings. The zero-order valence-electron chi connectivity index (χ0n) is 11.6. The van der Waals surface area contributed by atoms with Crippen molar-refractivity contribution in [3.05, 3.63) is 0 Å². The van der Waals surface area contributed by atoms with Gasteiger partial charge in [-0.3, -0.25) is 4.79 Å². The van der Waals surface area contributed by atoms with E-state index in [2.05, 4.69) is 10.6 Å². The molecule has 1 unspecified atom stereocenters. The van der Waals surface area contributed by atoms with Crippen LogP contribution in [-0.2, 0) is 14.6 Å². The van der Waals surface area contributed by atoms with Gasteiger partial charge in [0.1, 0.15) is 0 Å². The highest BCUT2D eigenvalue weighted by atomic mass is 32.2. The molecule has 1 amide bonds. The van der Waals surface area contributed by atoms with Gasteiger partial charge in [0.25, 0.3) is 0 Å². The summed E-state index contributed by atoms with van der Waals surface area (Å²) in [5.74, 6) is -0.0853. The van der Waals surface area contributed by atoms with Crippen molar-refractivity contribution < 1.29 is 18.3 Å². The summed E-state index contributed by atoms with van der Waals surface area (Å²) in [6, 6.07) is -0.324. The zero-order valence-corrected chi connectivity index (χ0v) is 12.4. The van der Waals surface area contributed by atoms with Crippen molar-refractivity contribution in [1.29, 1.82) is 0 Å². The Balaban J connectivity index is 2.39. The van der Waals surface area contributed by atoms with E-state index in [4.69, 9.17) is 0 Å². The van der Waals surface area contributed by atoms with Crippen LogP contribution in [0.2, 0.25) is 0 Å². The van der Waals surface area contributed by atoms with Crippen LogP contribution in [0.15, 0.2) is 0 Å². The van der Waals surface area contributed by atoms with Crippen molar-refractivity contribution in [1.82, 2.24) is 10.6 Å². The number of carbonyl (C=O) groups is 1. The number of amides is 1. The summed E-state index contributed by atoms with van der Waals surface area (Å²) in [6.45, 7) is 4.34. The second kappa shape index (κ2) is 6.67. The smallest absolute Gasteiger partial charge is 0.221 e. The maximum absolute atomic E-state index is 11.7. The predicted molar refractivity (Wildman–Crippen MR) is 73.6 cm³/mol. The maximum atomic E-state index is 11.7. The molecule has 1 aliphatic heterocycles. The molecule has 0 aliphatic carbocycles. The average Bonchev–Trinajstić information content (AvgIpc) is 2.35. The predicted octanol–water partition coefficient (Wildman–Crippen LogP) is -0.570. The van der Waals surface area contributed by atoms with E-state index >= 15 is 0 Å². The average molecular weight is 292 g/mol. The van der Waals surface area contributed by atoms with Crippen molar-refractivity contribution in [3.8, 4) is 0 Å². The minimum absolute atomic E-state index is 0.00619. The first-order valence-electron chi connectivity index (χ1n) is 6.73. The second-order valence-corrected chi connectivity index (χ2v) is 7.41. The highest BCUT2D eigenvalue weighted by molar-refractivity contribution is 7.91. The van der Waals surface area contributed by atoms with Crippen LogP contribution in [0.4, 0.5) is 0 Å². The fraction of sp³-hybridized carbons (Fsp3) is 0.917. The molecular weight excluding hydrogens is 268 g/mol. The second-order valence-electron chi connectivity index (χ2n) is 5.18. The lowest BCUT2D eigenvalue weighted by atomic mass is 9.97. The van der Waals surface area contributed by atoms with Crippen molar-refractivity contribution in [2.75, 3.05) is 24.6 Å². The van der Waals surface area contributed by atoms with E-state index in [1.54, 1.807) is 0 Å². The monoisotopic (exact) mass is 292 g/mol. The largest absolute Gasteiger partial charge is 0.388 e. The van der Waals surface area contributed by atoms with Crippen LogP contribution < -0.4 is 10.6 Å². The topological polar surface area (TPSA) is 95.5 Å². The van der Waals surface area contributed by atoms with E-state index in [0.29, 0.717) is 19.4 Å². The molecule has 0 saturated carbocycles. The van der Waals surface area contributed by atoms with E-state index in [1.165, 1.54) is 0 Å². The van der Waals surface area contributed by atoms with Crippen LogP contribution >= 0.6 is 0 Å². The molecular formula is C12H24N2O4S. The number of hydrogen-bond donors (Lipinski definition) is 3. The summed E-state index contributed by atoms with van der Waals surface area (Å²) in [5.41, 5.74) is -0.873. The molecule has 7 heteroatoms. The molecule has 0 spiro atoms. The molecule has 6 nitrogen and oxygen atoms in total. The van der Waals surface area contributed by atoms with Gasteiger partial charge in [-0.05, 0) is 12.8 Å². The first kappa shape index (κ1) is 16.4. The minimum Gasteiger partial charge on any atom is -0.388 e. The standard InChI is InChI=1S/C12H24N2O4S/c1-3-12(16,4-2)9-14-11(15)7-10-8-19(17,18)6-5-13-10/h10,13,16H,3-9H2,1-2H3,(H,14,15). The quantitative estimate of drug-likeness (QED) is 0.609. The summed E-state index contributed by atoms with van der Waals surface area (Å²) in [4.78, 5) is 11.7. The van der Waals surface area contributed by atoms with E-state index in [9.17, 15) is 18.3 Å². The van der Waals surface area contributed by atoms with Gasteiger partial charge in [0.05, 0.1) is 17.1 Å². The van der Waals surface area contributed by atoms with Crippen LogP contribution in [0.1, 0.15) is 33.1 Å². The fourth-order valence-corrected chi connectivity index (χ4v) is 3.50. The molecule has 1 atom stereocenters. The molecule has 0 aromatic rings. The fourth-order valence-electron chi connectivity index (χ4n) is 2.06. The van der Waals surface area contributed by atoms with Crippen molar-refractivity contribution in [2.45, 2.75) is 44.8 Å². The Labute approximate surface area is 114 Å². The van der Waals surface area contributed by atoms with Gasteiger partial charge in [-0.2, -0.15) is 0 Å². The number of hydrogen-bond acceptors (Lipinski definition) is 5. The van der Waals surface area contributed by atoms with Crippen LogP contribution in [0.25, 0.3) is 0 Å². The highest BCUT2D eigenvalue weighted by Crippen LogP contribution is 2.13. The Morgan fingerprint density at radius 2 is 2.05 bits per heavy atom. The Morgan fingerprint density at radius 3 is 2.58 bits per heavy atom. The third-order valence-corrected chi connectivity index (χ3v) is 5.40. The lowest BCUT2D eigenvalue weighted by molar-refractivity contribution is -0.122. The molecule has 0 radical (unpaired) electrons. The maximum Gasteiger partial charge on any atom is 0.221 e. The molecule has 0 aromatic heterocycles. The molecule has 1 heterocycles. The van der Waals surface area contributed by atoms with Crippen LogP contribution in [0.3, 0.4) is 0 Å². The Hall–Kier alpha value is -0.660. The Bertz CT molecular complexity index is 404. The summed E-state index contributed by atoms with van der Waals surface area (Å²) >= 11 is 0. The summed E-state index contributed by atoms with van der Waals surface area (Å²) in [5, 5.41) is 15.7. The SMILES string of the molecule is CCC(O)(CC)CNC(=O)CC1CS(=O)(=O)CCN1. The first-order valence-corrected chi connectivity index (χ1v) is 8.55. The van der Waals surface area contributed by atoms with E-state index < -0.39 is 15.4 Å².